The second kappa shape index (κ2) is 6.46. The molecule has 1 N–H and O–H groups in total. The fourth-order valence-electron chi connectivity index (χ4n) is 1.96. The van der Waals surface area contributed by atoms with Crippen molar-refractivity contribution in [3.63, 3.8) is 0 Å². The molecule has 2 heterocycles. The maximum absolute atomic E-state index is 13.2. The molecule has 0 spiro atoms. The lowest BCUT2D eigenvalue weighted by Gasteiger charge is -2.06. The first kappa shape index (κ1) is 16.2. The van der Waals surface area contributed by atoms with E-state index in [1.807, 2.05) is 0 Å². The Labute approximate surface area is 137 Å². The lowest BCUT2D eigenvalue weighted by atomic mass is 10.2. The monoisotopic (exact) mass is 348 g/mol. The Kier molecular flexibility index (Phi) is 4.36. The summed E-state index contributed by atoms with van der Waals surface area (Å²) in [7, 11) is -3.81. The van der Waals surface area contributed by atoms with E-state index in [1.165, 1.54) is 19.1 Å². The molecule has 0 unspecified atom stereocenters. The van der Waals surface area contributed by atoms with E-state index < -0.39 is 15.8 Å². The second-order valence-electron chi connectivity index (χ2n) is 4.98. The molecule has 3 rings (SSSR count). The summed E-state index contributed by atoms with van der Waals surface area (Å²) in [5.74, 6) is -0.113. The molecule has 24 heavy (non-hydrogen) atoms. The van der Waals surface area contributed by atoms with Crippen LogP contribution in [0.1, 0.15) is 11.5 Å². The van der Waals surface area contributed by atoms with Gasteiger partial charge in [-0.25, -0.2) is 17.5 Å². The van der Waals surface area contributed by atoms with Crippen LogP contribution in [0.3, 0.4) is 0 Å². The number of hydrogen-bond acceptors (Lipinski definition) is 6. The fourth-order valence-corrected chi connectivity index (χ4v) is 3.01. The summed E-state index contributed by atoms with van der Waals surface area (Å²) in [6.45, 7) is 1.32. The highest BCUT2D eigenvalue weighted by molar-refractivity contribution is 7.89. The highest BCUT2D eigenvalue weighted by Gasteiger charge is 2.17. The molecule has 0 aliphatic carbocycles. The van der Waals surface area contributed by atoms with Crippen LogP contribution in [0.15, 0.2) is 52.0 Å². The van der Waals surface area contributed by atoms with E-state index in [4.69, 9.17) is 4.42 Å². The molecular weight excluding hydrogens is 335 g/mol. The van der Waals surface area contributed by atoms with E-state index >= 15 is 0 Å². The van der Waals surface area contributed by atoms with Gasteiger partial charge in [-0.15, -0.1) is 10.2 Å². The third-order valence-electron chi connectivity index (χ3n) is 3.23. The van der Waals surface area contributed by atoms with Crippen LogP contribution in [-0.2, 0) is 16.6 Å². The van der Waals surface area contributed by atoms with E-state index in [2.05, 4.69) is 19.9 Å². The van der Waals surface area contributed by atoms with E-state index in [0.717, 1.165) is 6.07 Å². The van der Waals surface area contributed by atoms with Crippen molar-refractivity contribution >= 4 is 10.0 Å². The van der Waals surface area contributed by atoms with Crippen LogP contribution < -0.4 is 4.72 Å². The van der Waals surface area contributed by atoms with Crippen LogP contribution in [-0.4, -0.2) is 23.6 Å². The van der Waals surface area contributed by atoms with Gasteiger partial charge in [-0.3, -0.25) is 4.98 Å². The molecule has 7 nitrogen and oxygen atoms in total. The van der Waals surface area contributed by atoms with Gasteiger partial charge < -0.3 is 4.42 Å². The smallest absolute Gasteiger partial charge is 0.249 e. The van der Waals surface area contributed by atoms with E-state index in [-0.39, 0.29) is 28.8 Å². The molecule has 0 amide bonds. The lowest BCUT2D eigenvalue weighted by molar-refractivity contribution is 0.494. The maximum Gasteiger partial charge on any atom is 0.249 e. The molecule has 0 fully saturated rings. The number of sulfonamides is 1. The zero-order chi connectivity index (χ0) is 17.2. The Morgan fingerprint density at radius 3 is 2.79 bits per heavy atom. The topological polar surface area (TPSA) is 98.0 Å². The van der Waals surface area contributed by atoms with Crippen molar-refractivity contribution in [2.24, 2.45) is 0 Å². The minimum Gasteiger partial charge on any atom is -0.419 e. The summed E-state index contributed by atoms with van der Waals surface area (Å²) in [5, 5.41) is 7.63. The molecule has 0 radical (unpaired) electrons. The average molecular weight is 348 g/mol. The van der Waals surface area contributed by atoms with Crippen LogP contribution in [0.4, 0.5) is 4.39 Å². The van der Waals surface area contributed by atoms with Crippen molar-refractivity contribution in [3.05, 3.63) is 60.0 Å². The highest BCUT2D eigenvalue weighted by Crippen LogP contribution is 2.17. The number of aromatic nitrogens is 3. The van der Waals surface area contributed by atoms with Crippen molar-refractivity contribution in [2.45, 2.75) is 18.4 Å². The van der Waals surface area contributed by atoms with Crippen LogP contribution in [0.25, 0.3) is 11.5 Å². The minimum absolute atomic E-state index is 0.0339. The number of nitrogens with one attached hydrogen (secondary N) is 1. The molecule has 0 aliphatic rings. The van der Waals surface area contributed by atoms with Crippen molar-refractivity contribution in [1.82, 2.24) is 19.9 Å². The highest BCUT2D eigenvalue weighted by atomic mass is 32.2. The largest absolute Gasteiger partial charge is 0.419 e. The summed E-state index contributed by atoms with van der Waals surface area (Å²) in [4.78, 5) is 3.91. The zero-order valence-corrected chi connectivity index (χ0v) is 13.4. The zero-order valence-electron chi connectivity index (χ0n) is 12.6. The fraction of sp³-hybridized carbons (Fsp3) is 0.133. The molecule has 3 aromatic rings. The first-order valence-electron chi connectivity index (χ1n) is 6.94. The molecule has 0 saturated carbocycles. The molecule has 9 heteroatoms. The summed E-state index contributed by atoms with van der Waals surface area (Å²) in [6.07, 6.45) is 3.17. The Bertz CT molecular complexity index is 958. The summed E-state index contributed by atoms with van der Waals surface area (Å²) in [5.41, 5.74) is 0.878. The van der Waals surface area contributed by atoms with Gasteiger partial charge in [0, 0.05) is 12.4 Å². The van der Waals surface area contributed by atoms with Crippen molar-refractivity contribution in [3.8, 4) is 11.5 Å². The third kappa shape index (κ3) is 3.47. The van der Waals surface area contributed by atoms with E-state index in [9.17, 15) is 12.8 Å². The predicted molar refractivity (Wildman–Crippen MR) is 82.7 cm³/mol. The maximum atomic E-state index is 13.2. The normalized spacial score (nSPS) is 11.6. The van der Waals surface area contributed by atoms with Crippen LogP contribution in [0, 0.1) is 12.7 Å². The second-order valence-corrected chi connectivity index (χ2v) is 6.75. The third-order valence-corrected chi connectivity index (χ3v) is 4.63. The number of pyridine rings is 1. The summed E-state index contributed by atoms with van der Waals surface area (Å²) < 4.78 is 45.4. The lowest BCUT2D eigenvalue weighted by Crippen LogP contribution is -2.23. The number of benzene rings is 1. The summed E-state index contributed by atoms with van der Waals surface area (Å²) >= 11 is 0. The number of rotatable bonds is 5. The molecular formula is C15H13FN4O3S. The number of halogens is 1. The Morgan fingerprint density at radius 2 is 2.08 bits per heavy atom. The number of nitrogens with zero attached hydrogens (tertiary/aromatic N) is 3. The average Bonchev–Trinajstić information content (AvgIpc) is 3.05. The number of aryl methyl sites for hydroxylation is 1. The van der Waals surface area contributed by atoms with Gasteiger partial charge in [-0.05, 0) is 42.8 Å². The standard InChI is InChI=1S/C15H13FN4O3S/c1-10-7-12(4-5-13(10)16)24(21,22)18-9-14-19-20-15(23-14)11-3-2-6-17-8-11/h2-8,18H,9H2,1H3. The van der Waals surface area contributed by atoms with Crippen molar-refractivity contribution < 1.29 is 17.2 Å². The quantitative estimate of drug-likeness (QED) is 0.758. The molecule has 1 aromatic carbocycles. The molecule has 124 valence electrons. The molecule has 0 saturated heterocycles. The van der Waals surface area contributed by atoms with Gasteiger partial charge in [0.25, 0.3) is 0 Å². The first-order valence-corrected chi connectivity index (χ1v) is 8.42. The first-order chi connectivity index (χ1) is 11.5. The van der Waals surface area contributed by atoms with Crippen LogP contribution in [0.2, 0.25) is 0 Å². The van der Waals surface area contributed by atoms with Gasteiger partial charge in [0.2, 0.25) is 21.8 Å². The van der Waals surface area contributed by atoms with Crippen LogP contribution >= 0.6 is 0 Å². The molecule has 2 aromatic heterocycles. The van der Waals surface area contributed by atoms with Gasteiger partial charge >= 0.3 is 0 Å². The van der Waals surface area contributed by atoms with Crippen molar-refractivity contribution in [1.29, 1.82) is 0 Å². The van der Waals surface area contributed by atoms with E-state index in [0.29, 0.717) is 5.56 Å². The van der Waals surface area contributed by atoms with Crippen molar-refractivity contribution in [2.75, 3.05) is 0 Å². The summed E-state index contributed by atoms with van der Waals surface area (Å²) in [6, 6.07) is 7.03. The predicted octanol–water partition coefficient (Wildman–Crippen LogP) is 2.06. The van der Waals surface area contributed by atoms with Gasteiger partial charge in [0.05, 0.1) is 17.0 Å². The van der Waals surface area contributed by atoms with Crippen LogP contribution in [0.5, 0.6) is 0 Å². The minimum atomic E-state index is -3.81. The SMILES string of the molecule is Cc1cc(S(=O)(=O)NCc2nnc(-c3cccnc3)o2)ccc1F. The molecule has 0 aliphatic heterocycles. The Morgan fingerprint density at radius 1 is 1.25 bits per heavy atom. The van der Waals surface area contributed by atoms with Gasteiger partial charge in [0.15, 0.2) is 0 Å². The molecule has 0 bridgehead atoms. The van der Waals surface area contributed by atoms with Gasteiger partial charge in [-0.1, -0.05) is 0 Å². The van der Waals surface area contributed by atoms with E-state index in [1.54, 1.807) is 24.5 Å². The number of hydrogen-bond donors (Lipinski definition) is 1. The molecule has 0 atom stereocenters. The Hall–Kier alpha value is -2.65. The Balaban J connectivity index is 1.73. The van der Waals surface area contributed by atoms with Gasteiger partial charge in [0.1, 0.15) is 5.82 Å². The van der Waals surface area contributed by atoms with Gasteiger partial charge in [-0.2, -0.15) is 0 Å².